The molecular formula is C38H50Cl6FN5. The molecule has 3 aromatic carbocycles. The maximum atomic E-state index is 16.4. The highest BCUT2D eigenvalue weighted by Crippen LogP contribution is 2.36. The van der Waals surface area contributed by atoms with Crippen LogP contribution < -0.4 is 14.7 Å². The van der Waals surface area contributed by atoms with Crippen molar-refractivity contribution < 1.29 is 4.39 Å². The van der Waals surface area contributed by atoms with Crippen molar-refractivity contribution in [2.45, 2.75) is 39.5 Å². The van der Waals surface area contributed by atoms with Crippen molar-refractivity contribution in [1.82, 2.24) is 9.80 Å². The lowest BCUT2D eigenvalue weighted by Gasteiger charge is -2.45. The average Bonchev–Trinajstić information content (AvgIpc) is 3.10. The first-order valence-corrected chi connectivity index (χ1v) is 20.6. The number of hydrogen-bond acceptors (Lipinski definition) is 5. The van der Waals surface area contributed by atoms with Gasteiger partial charge >= 0.3 is 0 Å². The van der Waals surface area contributed by atoms with Crippen LogP contribution in [0.1, 0.15) is 40.4 Å². The highest BCUT2D eigenvalue weighted by Gasteiger charge is 2.33. The van der Waals surface area contributed by atoms with E-state index in [0.717, 1.165) is 62.8 Å². The molecule has 1 saturated heterocycles. The van der Waals surface area contributed by atoms with E-state index < -0.39 is 0 Å². The molecule has 0 atom stereocenters. The highest BCUT2D eigenvalue weighted by atomic mass is 35.5. The summed E-state index contributed by atoms with van der Waals surface area (Å²) < 4.78 is 16.4. The smallest absolute Gasteiger partial charge is 0.131 e. The number of hydrogen-bond donors (Lipinski definition) is 0. The first-order valence-electron chi connectivity index (χ1n) is 17.4. The molecule has 12 heteroatoms. The summed E-state index contributed by atoms with van der Waals surface area (Å²) >= 11 is 36.6. The van der Waals surface area contributed by atoms with Gasteiger partial charge in [0.05, 0.1) is 6.17 Å². The standard InChI is InChI=1S/C38H50Cl6FN5/c1-29-24-33(46(18-10-39)19-11-40)6-4-31(29)27-49-16-3-17-50(28-32-5-7-34(25-30(32)2)47(20-12-41)21-13-42)38(49)36-9-8-35(26-37(36)45)48(22-14-43)23-15-44/h4-9,24-26,38H,3,10-23,27-28H2,1-2H3. The van der Waals surface area contributed by atoms with E-state index >= 15 is 4.39 Å². The number of halogens is 7. The van der Waals surface area contributed by atoms with E-state index in [9.17, 15) is 0 Å². The quantitative estimate of drug-likeness (QED) is 0.106. The lowest BCUT2D eigenvalue weighted by molar-refractivity contribution is -0.0113. The van der Waals surface area contributed by atoms with E-state index in [4.69, 9.17) is 69.6 Å². The fourth-order valence-electron chi connectivity index (χ4n) is 6.87. The van der Waals surface area contributed by atoms with Gasteiger partial charge in [0.15, 0.2) is 0 Å². The maximum absolute atomic E-state index is 16.4. The molecular weight excluding hydrogens is 758 g/mol. The highest BCUT2D eigenvalue weighted by molar-refractivity contribution is 6.19. The molecule has 0 spiro atoms. The molecule has 4 rings (SSSR count). The zero-order chi connectivity index (χ0) is 36.0. The summed E-state index contributed by atoms with van der Waals surface area (Å²) in [5.41, 5.74) is 8.47. The second-order valence-electron chi connectivity index (χ2n) is 12.7. The molecule has 0 bridgehead atoms. The third-order valence-electron chi connectivity index (χ3n) is 9.47. The minimum Gasteiger partial charge on any atom is -0.369 e. The average molecular weight is 809 g/mol. The minimum absolute atomic E-state index is 0.228. The summed E-state index contributed by atoms with van der Waals surface area (Å²) in [4.78, 5) is 11.3. The van der Waals surface area contributed by atoms with Crippen LogP contribution in [0.5, 0.6) is 0 Å². The third-order valence-corrected chi connectivity index (χ3v) is 10.5. The van der Waals surface area contributed by atoms with Gasteiger partial charge in [0.1, 0.15) is 5.82 Å². The Labute approximate surface area is 329 Å². The van der Waals surface area contributed by atoms with Crippen LogP contribution in [0.25, 0.3) is 0 Å². The van der Waals surface area contributed by atoms with E-state index in [1.54, 1.807) is 6.07 Å². The fraction of sp³-hybridized carbons (Fsp3) is 0.526. The second kappa shape index (κ2) is 21.4. The normalized spacial score (nSPS) is 14.3. The molecule has 0 N–H and O–H groups in total. The zero-order valence-corrected chi connectivity index (χ0v) is 33.7. The van der Waals surface area contributed by atoms with Gasteiger partial charge in [0, 0.05) is 123 Å². The molecule has 3 aromatic rings. The zero-order valence-electron chi connectivity index (χ0n) is 29.2. The Balaban J connectivity index is 1.69. The van der Waals surface area contributed by atoms with Crippen LogP contribution in [-0.2, 0) is 13.1 Å². The molecule has 0 aromatic heterocycles. The van der Waals surface area contributed by atoms with Crippen molar-refractivity contribution in [2.24, 2.45) is 0 Å². The molecule has 1 fully saturated rings. The largest absolute Gasteiger partial charge is 0.369 e. The van der Waals surface area contributed by atoms with Crippen molar-refractivity contribution in [2.75, 3.05) is 102 Å². The molecule has 0 unspecified atom stereocenters. The molecule has 5 nitrogen and oxygen atoms in total. The monoisotopic (exact) mass is 805 g/mol. The molecule has 0 radical (unpaired) electrons. The Morgan fingerprint density at radius 2 is 0.920 bits per heavy atom. The van der Waals surface area contributed by atoms with Gasteiger partial charge in [-0.1, -0.05) is 18.2 Å². The topological polar surface area (TPSA) is 16.2 Å². The van der Waals surface area contributed by atoms with Crippen LogP contribution in [0.15, 0.2) is 54.6 Å². The van der Waals surface area contributed by atoms with Crippen molar-refractivity contribution >= 4 is 86.7 Å². The van der Waals surface area contributed by atoms with E-state index in [-0.39, 0.29) is 12.0 Å². The van der Waals surface area contributed by atoms with Crippen LogP contribution in [0.4, 0.5) is 21.5 Å². The van der Waals surface area contributed by atoms with Gasteiger partial charge in [-0.2, -0.15) is 0 Å². The van der Waals surface area contributed by atoms with Crippen molar-refractivity contribution in [1.29, 1.82) is 0 Å². The predicted molar refractivity (Wildman–Crippen MR) is 218 cm³/mol. The summed E-state index contributed by atoms with van der Waals surface area (Å²) in [6, 6.07) is 18.7. The van der Waals surface area contributed by atoms with Gasteiger partial charge in [0.25, 0.3) is 0 Å². The SMILES string of the molecule is Cc1cc(N(CCCl)CCCl)ccc1CN1CCCN(Cc2ccc(N(CCCl)CCCl)cc2C)C1c1ccc(N(CCCl)CCCl)cc1F. The maximum Gasteiger partial charge on any atom is 0.131 e. The van der Waals surface area contributed by atoms with E-state index in [0.29, 0.717) is 67.0 Å². The van der Waals surface area contributed by atoms with Gasteiger partial charge < -0.3 is 14.7 Å². The summed E-state index contributed by atoms with van der Waals surface area (Å²) in [5.74, 6) is 2.77. The number of benzene rings is 3. The van der Waals surface area contributed by atoms with Crippen LogP contribution >= 0.6 is 69.6 Å². The van der Waals surface area contributed by atoms with E-state index in [1.165, 1.54) is 22.3 Å². The fourth-order valence-corrected chi connectivity index (χ4v) is 8.09. The van der Waals surface area contributed by atoms with Gasteiger partial charge in [-0.15, -0.1) is 69.6 Å². The molecule has 1 aliphatic rings. The summed E-state index contributed by atoms with van der Waals surface area (Å²) in [7, 11) is 0. The van der Waals surface area contributed by atoms with Crippen LogP contribution in [0.2, 0.25) is 0 Å². The first-order chi connectivity index (χ1) is 24.3. The van der Waals surface area contributed by atoms with Gasteiger partial charge in [-0.05, 0) is 78.9 Å². The van der Waals surface area contributed by atoms with Crippen molar-refractivity contribution in [3.8, 4) is 0 Å². The van der Waals surface area contributed by atoms with Gasteiger partial charge in [-0.3, -0.25) is 9.80 Å². The predicted octanol–water partition coefficient (Wildman–Crippen LogP) is 9.70. The van der Waals surface area contributed by atoms with E-state index in [2.05, 4.69) is 69.8 Å². The summed E-state index contributed by atoms with van der Waals surface area (Å²) in [6.07, 6.45) is 0.709. The molecule has 1 heterocycles. The molecule has 0 saturated carbocycles. The molecule has 276 valence electrons. The molecule has 0 amide bonds. The Morgan fingerprint density at radius 3 is 1.26 bits per heavy atom. The third kappa shape index (κ3) is 11.1. The Kier molecular flexibility index (Phi) is 17.7. The van der Waals surface area contributed by atoms with Crippen LogP contribution in [0, 0.1) is 19.7 Å². The Morgan fingerprint density at radius 1 is 0.560 bits per heavy atom. The number of nitrogens with zero attached hydrogens (tertiary/aromatic N) is 5. The van der Waals surface area contributed by atoms with Crippen LogP contribution in [-0.4, -0.2) is 97.4 Å². The lowest BCUT2D eigenvalue weighted by Crippen LogP contribution is -2.47. The first kappa shape index (κ1) is 41.4. The summed E-state index contributed by atoms with van der Waals surface area (Å²) in [6.45, 7) is 11.5. The second-order valence-corrected chi connectivity index (χ2v) is 15.0. The Bertz CT molecular complexity index is 1390. The van der Waals surface area contributed by atoms with Crippen molar-refractivity contribution in [3.05, 3.63) is 88.2 Å². The molecule has 1 aliphatic heterocycles. The number of alkyl halides is 6. The minimum atomic E-state index is -0.265. The van der Waals surface area contributed by atoms with Gasteiger partial charge in [0.2, 0.25) is 0 Å². The summed E-state index contributed by atoms with van der Waals surface area (Å²) in [5, 5.41) is 0. The van der Waals surface area contributed by atoms with Crippen LogP contribution in [0.3, 0.4) is 0 Å². The van der Waals surface area contributed by atoms with Gasteiger partial charge in [-0.25, -0.2) is 4.39 Å². The van der Waals surface area contributed by atoms with Crippen molar-refractivity contribution in [3.63, 3.8) is 0 Å². The van der Waals surface area contributed by atoms with E-state index in [1.807, 2.05) is 17.0 Å². The Hall–Kier alpha value is -1.35. The number of anilines is 3. The number of aryl methyl sites for hydroxylation is 2. The molecule has 0 aliphatic carbocycles. The lowest BCUT2D eigenvalue weighted by atomic mass is 10.00. The number of rotatable bonds is 20. The molecule has 50 heavy (non-hydrogen) atoms.